The molecule has 4 aromatic rings. The summed E-state index contributed by atoms with van der Waals surface area (Å²) in [4.78, 5) is 8.86. The molecule has 1 aromatic heterocycles. The van der Waals surface area contributed by atoms with Crippen molar-refractivity contribution in [1.29, 1.82) is 0 Å². The maximum Gasteiger partial charge on any atom is 0.207 e. The molecule has 6 nitrogen and oxygen atoms in total. The van der Waals surface area contributed by atoms with Crippen LogP contribution in [0.15, 0.2) is 66.7 Å². The number of fused-ring (bicyclic) bond motifs is 2. The van der Waals surface area contributed by atoms with E-state index >= 15 is 0 Å². The van der Waals surface area contributed by atoms with Crippen LogP contribution in [0.5, 0.6) is 17.2 Å². The van der Waals surface area contributed by atoms with Crippen molar-refractivity contribution in [3.05, 3.63) is 78.1 Å². The normalized spacial score (nSPS) is 17.5. The molecule has 0 bridgehead atoms. The standard InChI is InChI=1S/C24H19N3O2.C5H9N/c1-4-23-26-21-15-19(28-3)11-12-20(21)24(27-23)25-17-10-13-22(16(2)14-17)29-18-8-6-5-7-9-18;1-2-5-4(1)3-6-5/h1,5-15H,2-3H3,(H,25,26,27);4-6H,1-3H2. The maximum atomic E-state index is 5.95. The van der Waals surface area contributed by atoms with Gasteiger partial charge in [0.1, 0.15) is 23.1 Å². The lowest BCUT2D eigenvalue weighted by molar-refractivity contribution is 0.111. The van der Waals surface area contributed by atoms with E-state index in [1.807, 2.05) is 73.7 Å². The molecular formula is C29H28N4O2. The van der Waals surface area contributed by atoms with Crippen LogP contribution in [0.4, 0.5) is 11.5 Å². The Labute approximate surface area is 205 Å². The molecule has 1 aliphatic carbocycles. The number of terminal acetylenes is 1. The number of rotatable bonds is 5. The van der Waals surface area contributed by atoms with Crippen LogP contribution in [-0.4, -0.2) is 29.7 Å². The first-order chi connectivity index (χ1) is 17.1. The van der Waals surface area contributed by atoms with Gasteiger partial charge in [0.2, 0.25) is 5.82 Å². The van der Waals surface area contributed by atoms with Gasteiger partial charge in [-0.05, 0) is 86.2 Å². The second-order valence-electron chi connectivity index (χ2n) is 8.80. The molecule has 176 valence electrons. The largest absolute Gasteiger partial charge is 0.497 e. The van der Waals surface area contributed by atoms with Gasteiger partial charge in [0.15, 0.2) is 0 Å². The number of benzene rings is 3. The summed E-state index contributed by atoms with van der Waals surface area (Å²) in [7, 11) is 1.62. The van der Waals surface area contributed by atoms with Gasteiger partial charge < -0.3 is 20.1 Å². The Morgan fingerprint density at radius 3 is 2.43 bits per heavy atom. The van der Waals surface area contributed by atoms with Crippen LogP contribution in [0.2, 0.25) is 0 Å². The van der Waals surface area contributed by atoms with Crippen molar-refractivity contribution in [3.8, 4) is 29.6 Å². The van der Waals surface area contributed by atoms with E-state index in [0.717, 1.165) is 45.6 Å². The topological polar surface area (TPSA) is 68.3 Å². The molecule has 1 saturated heterocycles. The minimum absolute atomic E-state index is 0.314. The van der Waals surface area contributed by atoms with Gasteiger partial charge >= 0.3 is 0 Å². The Morgan fingerprint density at radius 2 is 1.83 bits per heavy atom. The summed E-state index contributed by atoms with van der Waals surface area (Å²) >= 11 is 0. The van der Waals surface area contributed by atoms with Gasteiger partial charge in [0.05, 0.1) is 12.6 Å². The zero-order valence-electron chi connectivity index (χ0n) is 19.9. The second kappa shape index (κ2) is 10.0. The zero-order valence-corrected chi connectivity index (χ0v) is 19.9. The van der Waals surface area contributed by atoms with Crippen LogP contribution >= 0.6 is 0 Å². The Kier molecular flexibility index (Phi) is 6.51. The van der Waals surface area contributed by atoms with Gasteiger partial charge in [-0.2, -0.15) is 0 Å². The van der Waals surface area contributed by atoms with Crippen LogP contribution < -0.4 is 20.1 Å². The van der Waals surface area contributed by atoms with Gasteiger partial charge in [-0.25, -0.2) is 9.97 Å². The molecule has 6 rings (SSSR count). The number of hydrogen-bond donors (Lipinski definition) is 2. The summed E-state index contributed by atoms with van der Waals surface area (Å²) in [6.07, 6.45) is 8.49. The summed E-state index contributed by atoms with van der Waals surface area (Å²) in [6, 6.07) is 22.2. The summed E-state index contributed by atoms with van der Waals surface area (Å²) < 4.78 is 11.2. The molecule has 2 atom stereocenters. The van der Waals surface area contributed by atoms with Crippen LogP contribution in [0.1, 0.15) is 24.2 Å². The van der Waals surface area contributed by atoms with Crippen molar-refractivity contribution in [2.75, 3.05) is 19.0 Å². The molecule has 2 fully saturated rings. The lowest BCUT2D eigenvalue weighted by Crippen LogP contribution is -2.59. The van der Waals surface area contributed by atoms with E-state index in [1.165, 1.54) is 19.4 Å². The van der Waals surface area contributed by atoms with Crippen LogP contribution in [-0.2, 0) is 0 Å². The molecular weight excluding hydrogens is 436 g/mol. The third-order valence-electron chi connectivity index (χ3n) is 6.50. The summed E-state index contributed by atoms with van der Waals surface area (Å²) in [5.41, 5.74) is 2.59. The molecule has 1 saturated carbocycles. The average molecular weight is 465 g/mol. The molecule has 2 N–H and O–H groups in total. The first-order valence-electron chi connectivity index (χ1n) is 11.8. The van der Waals surface area contributed by atoms with Crippen LogP contribution in [0, 0.1) is 25.2 Å². The van der Waals surface area contributed by atoms with E-state index in [-0.39, 0.29) is 0 Å². The fourth-order valence-corrected chi connectivity index (χ4v) is 4.21. The molecule has 6 heteroatoms. The summed E-state index contributed by atoms with van der Waals surface area (Å²) in [6.45, 7) is 3.31. The Hall–Kier alpha value is -4.08. The maximum absolute atomic E-state index is 5.95. The number of anilines is 2. The van der Waals surface area contributed by atoms with E-state index in [0.29, 0.717) is 17.4 Å². The molecule has 35 heavy (non-hydrogen) atoms. The van der Waals surface area contributed by atoms with Gasteiger partial charge in [-0.3, -0.25) is 0 Å². The van der Waals surface area contributed by atoms with Gasteiger partial charge in [0.25, 0.3) is 0 Å². The van der Waals surface area contributed by atoms with Crippen molar-refractivity contribution >= 4 is 22.4 Å². The monoisotopic (exact) mass is 464 g/mol. The Balaban J connectivity index is 0.000000362. The SMILES string of the molecule is C#Cc1nc(Nc2ccc(Oc3ccccc3)c(C)c2)c2ccc(OC)cc2n1.C1CC2NCC12. The average Bonchev–Trinajstić information content (AvgIpc) is 2.88. The number of aryl methyl sites for hydroxylation is 1. The number of para-hydroxylation sites is 1. The predicted molar refractivity (Wildman–Crippen MR) is 140 cm³/mol. The number of aromatic nitrogens is 2. The first-order valence-corrected chi connectivity index (χ1v) is 11.8. The molecule has 0 spiro atoms. The third kappa shape index (κ3) is 5.06. The number of piperidine rings is 1. The lowest BCUT2D eigenvalue weighted by Gasteiger charge is -2.47. The van der Waals surface area contributed by atoms with Gasteiger partial charge in [0, 0.05) is 23.2 Å². The number of hydrogen-bond acceptors (Lipinski definition) is 6. The number of nitrogens with zero attached hydrogens (tertiary/aromatic N) is 2. The molecule has 2 unspecified atom stereocenters. The third-order valence-corrected chi connectivity index (χ3v) is 6.50. The number of ether oxygens (including phenoxy) is 2. The van der Waals surface area contributed by atoms with E-state index in [4.69, 9.17) is 15.9 Å². The van der Waals surface area contributed by atoms with E-state index in [1.54, 1.807) is 7.11 Å². The van der Waals surface area contributed by atoms with Crippen LogP contribution in [0.3, 0.4) is 0 Å². The van der Waals surface area contributed by atoms with E-state index in [2.05, 4.69) is 26.5 Å². The van der Waals surface area contributed by atoms with E-state index < -0.39 is 0 Å². The molecule has 0 amide bonds. The van der Waals surface area contributed by atoms with Crippen LogP contribution in [0.25, 0.3) is 10.9 Å². The minimum Gasteiger partial charge on any atom is -0.497 e. The Bertz CT molecular complexity index is 1360. The quantitative estimate of drug-likeness (QED) is 0.362. The first kappa shape index (κ1) is 22.7. The molecule has 3 aromatic carbocycles. The molecule has 1 aliphatic heterocycles. The lowest BCUT2D eigenvalue weighted by atomic mass is 9.74. The van der Waals surface area contributed by atoms with E-state index in [9.17, 15) is 0 Å². The minimum atomic E-state index is 0.314. The fourth-order valence-electron chi connectivity index (χ4n) is 4.21. The van der Waals surface area contributed by atoms with Crippen molar-refractivity contribution in [2.45, 2.75) is 25.8 Å². The highest BCUT2D eigenvalue weighted by molar-refractivity contribution is 5.92. The highest BCUT2D eigenvalue weighted by Gasteiger charge is 2.37. The van der Waals surface area contributed by atoms with Crippen molar-refractivity contribution in [3.63, 3.8) is 0 Å². The number of methoxy groups -OCH3 is 1. The number of nitrogens with one attached hydrogen (secondary N) is 2. The van der Waals surface area contributed by atoms with Gasteiger partial charge in [-0.15, -0.1) is 6.42 Å². The zero-order chi connectivity index (χ0) is 24.2. The highest BCUT2D eigenvalue weighted by Crippen LogP contribution is 2.33. The molecule has 2 heterocycles. The van der Waals surface area contributed by atoms with Crippen molar-refractivity contribution in [2.24, 2.45) is 5.92 Å². The second-order valence-corrected chi connectivity index (χ2v) is 8.80. The summed E-state index contributed by atoms with van der Waals surface area (Å²) in [5, 5.41) is 7.55. The molecule has 2 aliphatic rings. The smallest absolute Gasteiger partial charge is 0.207 e. The Morgan fingerprint density at radius 1 is 1.00 bits per heavy atom. The van der Waals surface area contributed by atoms with Crippen molar-refractivity contribution in [1.82, 2.24) is 15.3 Å². The predicted octanol–water partition coefficient (Wildman–Crippen LogP) is 5.83. The highest BCUT2D eigenvalue weighted by atomic mass is 16.5. The fraction of sp³-hybridized carbons (Fsp3) is 0.241. The van der Waals surface area contributed by atoms with Crippen molar-refractivity contribution < 1.29 is 9.47 Å². The summed E-state index contributed by atoms with van der Waals surface area (Å²) in [5.74, 6) is 6.87. The van der Waals surface area contributed by atoms with Gasteiger partial charge in [-0.1, -0.05) is 18.2 Å². The molecule has 0 radical (unpaired) electrons.